The number of aliphatic hydroxyl groups excluding tert-OH is 2. The van der Waals surface area contributed by atoms with Crippen molar-refractivity contribution in [2.24, 2.45) is 0 Å². The van der Waals surface area contributed by atoms with Gasteiger partial charge in [0.1, 0.15) is 6.10 Å². The Balaban J connectivity index is 2.72. The van der Waals surface area contributed by atoms with Crippen LogP contribution >= 0.6 is 0 Å². The summed E-state index contributed by atoms with van der Waals surface area (Å²) in [6.07, 6.45) is 3.87. The van der Waals surface area contributed by atoms with Crippen LogP contribution in [-0.4, -0.2) is 34.5 Å². The first-order chi connectivity index (χ1) is 6.58. The van der Waals surface area contributed by atoms with Crippen molar-refractivity contribution in [2.75, 3.05) is 0 Å². The van der Waals surface area contributed by atoms with Crippen molar-refractivity contribution >= 4 is 5.97 Å². The number of esters is 1. The number of rotatable bonds is 0. The van der Waals surface area contributed by atoms with E-state index in [1.54, 1.807) is 6.92 Å². The minimum atomic E-state index is -0.856. The molecule has 14 heavy (non-hydrogen) atoms. The molecule has 0 aromatic rings. The zero-order valence-electron chi connectivity index (χ0n) is 7.96. The number of cyclic esters (lactones) is 1. The van der Waals surface area contributed by atoms with Gasteiger partial charge in [-0.15, -0.1) is 0 Å². The number of carbonyl (C=O) groups is 1. The van der Waals surface area contributed by atoms with Gasteiger partial charge in [0, 0.05) is 12.5 Å². The zero-order chi connectivity index (χ0) is 10.6. The van der Waals surface area contributed by atoms with Crippen LogP contribution in [0, 0.1) is 0 Å². The molecule has 4 nitrogen and oxygen atoms in total. The Bertz CT molecular complexity index is 257. The number of carbonyl (C=O) groups excluding carboxylic acids is 1. The third kappa shape index (κ3) is 3.72. The van der Waals surface area contributed by atoms with E-state index in [2.05, 4.69) is 0 Å². The summed E-state index contributed by atoms with van der Waals surface area (Å²) in [6, 6.07) is 0. The Labute approximate surface area is 82.5 Å². The van der Waals surface area contributed by atoms with Crippen LogP contribution in [0.5, 0.6) is 0 Å². The average molecular weight is 198 g/mol. The van der Waals surface area contributed by atoms with Crippen LogP contribution in [0.25, 0.3) is 0 Å². The molecule has 0 aliphatic carbocycles. The summed E-state index contributed by atoms with van der Waals surface area (Å²) in [5.74, 6) is -0.501. The standard InChI is InChI=1S/C10H14O4/c1-7-6-9(12)3-2-8(11)4-5-10(13)14-7/h2-5,7-9,11-12H,6H2,1H3/b3-2+,5-4-/t7-,8+,9+/m1/s1. The van der Waals surface area contributed by atoms with Crippen LogP contribution in [0.15, 0.2) is 24.3 Å². The molecule has 0 aromatic carbocycles. The van der Waals surface area contributed by atoms with Crippen molar-refractivity contribution < 1.29 is 19.7 Å². The second-order valence-electron chi connectivity index (χ2n) is 3.29. The Morgan fingerprint density at radius 1 is 1.36 bits per heavy atom. The molecule has 1 aliphatic rings. The Kier molecular flexibility index (Phi) is 3.85. The summed E-state index contributed by atoms with van der Waals surface area (Å²) in [7, 11) is 0. The molecule has 3 atom stereocenters. The molecule has 0 saturated carbocycles. The predicted molar refractivity (Wildman–Crippen MR) is 50.5 cm³/mol. The highest BCUT2D eigenvalue weighted by molar-refractivity contribution is 5.82. The van der Waals surface area contributed by atoms with Crippen LogP contribution in [0.3, 0.4) is 0 Å². The minimum Gasteiger partial charge on any atom is -0.459 e. The van der Waals surface area contributed by atoms with Crippen molar-refractivity contribution in [3.05, 3.63) is 24.3 Å². The number of aliphatic hydroxyl groups is 2. The van der Waals surface area contributed by atoms with Gasteiger partial charge in [0.15, 0.2) is 0 Å². The fourth-order valence-electron chi connectivity index (χ4n) is 1.19. The molecule has 1 aliphatic heterocycles. The highest BCUT2D eigenvalue weighted by Gasteiger charge is 2.12. The van der Waals surface area contributed by atoms with Gasteiger partial charge in [0.25, 0.3) is 0 Å². The van der Waals surface area contributed by atoms with E-state index >= 15 is 0 Å². The molecule has 0 amide bonds. The number of hydrogen-bond donors (Lipinski definition) is 2. The maximum atomic E-state index is 11.0. The third-order valence-corrected chi connectivity index (χ3v) is 1.85. The fourth-order valence-corrected chi connectivity index (χ4v) is 1.19. The van der Waals surface area contributed by atoms with Crippen LogP contribution in [0.2, 0.25) is 0 Å². The van der Waals surface area contributed by atoms with Gasteiger partial charge in [-0.2, -0.15) is 0 Å². The van der Waals surface area contributed by atoms with Crippen molar-refractivity contribution in [1.82, 2.24) is 0 Å². The first kappa shape index (κ1) is 10.9. The number of ether oxygens (including phenoxy) is 1. The van der Waals surface area contributed by atoms with Gasteiger partial charge in [-0.05, 0) is 13.0 Å². The van der Waals surface area contributed by atoms with Crippen LogP contribution in [0.4, 0.5) is 0 Å². The van der Waals surface area contributed by atoms with Gasteiger partial charge in [-0.3, -0.25) is 0 Å². The van der Waals surface area contributed by atoms with E-state index in [1.165, 1.54) is 24.3 Å². The molecule has 0 fully saturated rings. The molecule has 0 radical (unpaired) electrons. The Morgan fingerprint density at radius 2 is 2.07 bits per heavy atom. The molecule has 0 bridgehead atoms. The molecular weight excluding hydrogens is 184 g/mol. The number of hydrogen-bond acceptors (Lipinski definition) is 4. The molecule has 0 saturated heterocycles. The molecular formula is C10H14O4. The SMILES string of the molecule is C[C@@H]1C[C@@H](O)/C=C/[C@H](O)/C=C\C(=O)O1. The smallest absolute Gasteiger partial charge is 0.330 e. The average Bonchev–Trinajstić information content (AvgIpc) is 2.10. The van der Waals surface area contributed by atoms with Crippen LogP contribution in [-0.2, 0) is 9.53 Å². The maximum Gasteiger partial charge on any atom is 0.330 e. The topological polar surface area (TPSA) is 66.8 Å². The Morgan fingerprint density at radius 3 is 2.79 bits per heavy atom. The molecule has 4 heteroatoms. The normalized spacial score (nSPS) is 38.5. The van der Waals surface area contributed by atoms with Gasteiger partial charge in [0.05, 0.1) is 12.2 Å². The largest absolute Gasteiger partial charge is 0.459 e. The van der Waals surface area contributed by atoms with Gasteiger partial charge in [-0.1, -0.05) is 12.2 Å². The van der Waals surface area contributed by atoms with E-state index in [9.17, 15) is 15.0 Å². The van der Waals surface area contributed by atoms with E-state index in [1.807, 2.05) is 0 Å². The van der Waals surface area contributed by atoms with Crippen LogP contribution in [0.1, 0.15) is 13.3 Å². The summed E-state index contributed by atoms with van der Waals surface area (Å²) in [6.45, 7) is 1.71. The van der Waals surface area contributed by atoms with E-state index in [-0.39, 0.29) is 6.10 Å². The minimum absolute atomic E-state index is 0.331. The monoisotopic (exact) mass is 198 g/mol. The zero-order valence-corrected chi connectivity index (χ0v) is 7.96. The lowest BCUT2D eigenvalue weighted by molar-refractivity contribution is -0.143. The summed E-state index contributed by atoms with van der Waals surface area (Å²) in [5, 5.41) is 18.6. The molecule has 0 aromatic heterocycles. The lowest BCUT2D eigenvalue weighted by Gasteiger charge is -2.15. The lowest BCUT2D eigenvalue weighted by atomic mass is 10.1. The van der Waals surface area contributed by atoms with E-state index < -0.39 is 18.2 Å². The third-order valence-electron chi connectivity index (χ3n) is 1.85. The summed E-state index contributed by atoms with van der Waals surface area (Å²) < 4.78 is 4.91. The second kappa shape index (κ2) is 4.93. The summed E-state index contributed by atoms with van der Waals surface area (Å²) in [4.78, 5) is 11.0. The van der Waals surface area contributed by atoms with Crippen LogP contribution < -0.4 is 0 Å². The van der Waals surface area contributed by atoms with Crippen molar-refractivity contribution in [3.63, 3.8) is 0 Å². The predicted octanol–water partition coefficient (Wildman–Crippen LogP) is 0.156. The van der Waals surface area contributed by atoms with Crippen molar-refractivity contribution in [2.45, 2.75) is 31.7 Å². The quantitative estimate of drug-likeness (QED) is 0.429. The van der Waals surface area contributed by atoms with Gasteiger partial charge >= 0.3 is 5.97 Å². The van der Waals surface area contributed by atoms with E-state index in [0.29, 0.717) is 6.42 Å². The molecule has 2 N–H and O–H groups in total. The molecule has 0 spiro atoms. The van der Waals surface area contributed by atoms with Gasteiger partial charge in [-0.25, -0.2) is 4.79 Å². The first-order valence-corrected chi connectivity index (χ1v) is 4.51. The second-order valence-corrected chi connectivity index (χ2v) is 3.29. The first-order valence-electron chi connectivity index (χ1n) is 4.51. The molecule has 78 valence electrons. The molecule has 0 unspecified atom stereocenters. The lowest BCUT2D eigenvalue weighted by Crippen LogP contribution is -2.20. The molecule has 1 rings (SSSR count). The maximum absolute atomic E-state index is 11.0. The summed E-state index contributed by atoms with van der Waals surface area (Å²) in [5.41, 5.74) is 0. The fraction of sp³-hybridized carbons (Fsp3) is 0.500. The van der Waals surface area contributed by atoms with Gasteiger partial charge in [0.2, 0.25) is 0 Å². The summed E-state index contributed by atoms with van der Waals surface area (Å²) >= 11 is 0. The van der Waals surface area contributed by atoms with Crippen molar-refractivity contribution in [1.29, 1.82) is 0 Å². The highest BCUT2D eigenvalue weighted by Crippen LogP contribution is 2.07. The van der Waals surface area contributed by atoms with Crippen molar-refractivity contribution in [3.8, 4) is 0 Å². The molecule has 1 heterocycles. The highest BCUT2D eigenvalue weighted by atomic mass is 16.5. The van der Waals surface area contributed by atoms with Gasteiger partial charge < -0.3 is 14.9 Å². The van der Waals surface area contributed by atoms with E-state index in [0.717, 1.165) is 0 Å². The Hall–Kier alpha value is -1.13. The van der Waals surface area contributed by atoms with E-state index in [4.69, 9.17) is 4.74 Å².